The molecular weight excluding hydrogens is 954 g/mol. The Morgan fingerprint density at radius 3 is 1.63 bits per heavy atom. The number of hydrogen-bond donors (Lipinski definition) is 0. The van der Waals surface area contributed by atoms with E-state index < -0.39 is 0 Å². The Balaban J connectivity index is 1.16. The number of para-hydroxylation sites is 2. The predicted molar refractivity (Wildman–Crippen MR) is 339 cm³/mol. The largest absolute Gasteiger partial charge is 0.400 e. The average Bonchev–Trinajstić information content (AvgIpc) is 2.01. The second-order valence-corrected chi connectivity index (χ2v) is 29.2. The van der Waals surface area contributed by atoms with Gasteiger partial charge in [-0.25, -0.2) is 0 Å². The lowest BCUT2D eigenvalue weighted by Crippen LogP contribution is -2.70. The zero-order chi connectivity index (χ0) is 55.1. The fourth-order valence-corrected chi connectivity index (χ4v) is 16.1. The molecule has 0 amide bonds. The van der Waals surface area contributed by atoms with Crippen LogP contribution in [0, 0.1) is 0 Å². The molecule has 8 aromatic rings. The van der Waals surface area contributed by atoms with E-state index in [1.54, 1.807) is 11.1 Å². The lowest BCUT2D eigenvalue weighted by atomic mass is 9.42. The van der Waals surface area contributed by atoms with Crippen LogP contribution in [0.5, 0.6) is 0 Å². The third kappa shape index (κ3) is 7.10. The maximum absolute atomic E-state index is 3.05. The molecule has 0 spiro atoms. The summed E-state index contributed by atoms with van der Waals surface area (Å²) >= 11 is 0. The lowest BCUT2D eigenvalue weighted by molar-refractivity contribution is 0.199. The van der Waals surface area contributed by atoms with Gasteiger partial charge in [-0.15, -0.1) is 0 Å². The van der Waals surface area contributed by atoms with Crippen LogP contribution >= 0.6 is 0 Å². The summed E-state index contributed by atoms with van der Waals surface area (Å²) in [5, 5.41) is 0. The summed E-state index contributed by atoms with van der Waals surface area (Å²) in [6.45, 7) is 34.6. The van der Waals surface area contributed by atoms with E-state index in [0.29, 0.717) is 0 Å². The molecule has 3 heterocycles. The average molecular weight is 1030 g/mol. The van der Waals surface area contributed by atoms with Gasteiger partial charge in [0, 0.05) is 61.6 Å². The molecule has 2 atom stereocenters. The summed E-state index contributed by atoms with van der Waals surface area (Å²) in [5.74, 6) is 0. The van der Waals surface area contributed by atoms with Crippen LogP contribution < -0.4 is 25.5 Å². The second kappa shape index (κ2) is 16.7. The molecular formula is C75H80BN3. The molecule has 0 radical (unpaired) electrons. The molecule has 0 N–H and O–H groups in total. The van der Waals surface area contributed by atoms with Crippen LogP contribution in [-0.4, -0.2) is 12.4 Å². The number of nitrogens with zero attached hydrogens (tertiary/aromatic N) is 3. The molecule has 0 saturated heterocycles. The molecule has 398 valence electrons. The monoisotopic (exact) mass is 1030 g/mol. The predicted octanol–water partition coefficient (Wildman–Crippen LogP) is 19.1. The van der Waals surface area contributed by atoms with Crippen molar-refractivity contribution in [2.45, 2.75) is 173 Å². The standard InChI is InChI=1S/C75H80BN3/c1-69(2,3)48-32-33-64(53(38-48)47-26-18-15-19-27-47)78-65-46-59-55(54-43-60-61(45-58(54)73(59,11)12)72(9,10)37-36-71(60,7)8)44-63(65)76-67-56(41-52(42-66(67)78)77(50-28-20-16-21-29-50)51-30-22-17-23-31-51)57-39-49(70(4,5)6)40-62-68(57)79(76)75(14)35-25-24-34-74(62,75)13/h15-23,26-33,38-46H,24-25,34-37H2,1-14H3. The zero-order valence-corrected chi connectivity index (χ0v) is 49.7. The number of anilines is 7. The van der Waals surface area contributed by atoms with Gasteiger partial charge >= 0.3 is 6.85 Å². The molecule has 79 heavy (non-hydrogen) atoms. The van der Waals surface area contributed by atoms with Gasteiger partial charge in [0.15, 0.2) is 0 Å². The first-order valence-corrected chi connectivity index (χ1v) is 29.9. The fraction of sp³-hybridized carbons (Fsp3) is 0.360. The van der Waals surface area contributed by atoms with Crippen LogP contribution in [0.2, 0.25) is 0 Å². The third-order valence-corrected chi connectivity index (χ3v) is 21.1. The van der Waals surface area contributed by atoms with Crippen molar-refractivity contribution in [1.29, 1.82) is 0 Å². The minimum absolute atomic E-state index is 0.0386. The van der Waals surface area contributed by atoms with Gasteiger partial charge in [0.2, 0.25) is 0 Å². The molecule has 3 aliphatic carbocycles. The summed E-state index contributed by atoms with van der Waals surface area (Å²) in [6.07, 6.45) is 7.21. The summed E-state index contributed by atoms with van der Waals surface area (Å²) < 4.78 is 0. The minimum Gasteiger partial charge on any atom is -0.400 e. The smallest absolute Gasteiger partial charge is 0.328 e. The maximum atomic E-state index is 3.05. The Morgan fingerprint density at radius 1 is 0.430 bits per heavy atom. The van der Waals surface area contributed by atoms with Crippen molar-refractivity contribution in [2.75, 3.05) is 14.6 Å². The quantitative estimate of drug-likeness (QED) is 0.159. The topological polar surface area (TPSA) is 9.72 Å². The van der Waals surface area contributed by atoms with Gasteiger partial charge in [-0.2, -0.15) is 0 Å². The Labute approximate surface area is 473 Å². The number of hydrogen-bond acceptors (Lipinski definition) is 3. The van der Waals surface area contributed by atoms with E-state index >= 15 is 0 Å². The van der Waals surface area contributed by atoms with Crippen LogP contribution in [0.15, 0.2) is 158 Å². The third-order valence-electron chi connectivity index (χ3n) is 21.1. The minimum atomic E-state index is -0.238. The summed E-state index contributed by atoms with van der Waals surface area (Å²) in [4.78, 5) is 8.31. The van der Waals surface area contributed by atoms with E-state index in [1.807, 2.05) is 0 Å². The first-order chi connectivity index (χ1) is 37.4. The lowest BCUT2D eigenvalue weighted by Gasteiger charge is -2.55. The molecule has 2 unspecified atom stereocenters. The normalized spacial score (nSPS) is 21.3. The number of benzene rings is 8. The van der Waals surface area contributed by atoms with Crippen LogP contribution in [0.1, 0.15) is 174 Å². The van der Waals surface area contributed by atoms with Crippen LogP contribution in [0.4, 0.5) is 39.8 Å². The highest BCUT2D eigenvalue weighted by Crippen LogP contribution is 2.65. The number of rotatable bonds is 5. The van der Waals surface area contributed by atoms with E-state index in [-0.39, 0.29) is 44.9 Å². The molecule has 4 heteroatoms. The van der Waals surface area contributed by atoms with Gasteiger partial charge in [-0.05, 0) is 193 Å². The van der Waals surface area contributed by atoms with Crippen molar-refractivity contribution in [3.63, 3.8) is 0 Å². The maximum Gasteiger partial charge on any atom is 0.328 e. The highest BCUT2D eigenvalue weighted by molar-refractivity contribution is 6.93. The van der Waals surface area contributed by atoms with E-state index in [4.69, 9.17) is 0 Å². The van der Waals surface area contributed by atoms with Gasteiger partial charge in [0.25, 0.3) is 0 Å². The molecule has 3 nitrogen and oxygen atoms in total. The molecule has 0 aromatic heterocycles. The molecule has 8 aromatic carbocycles. The molecule has 1 saturated carbocycles. The van der Waals surface area contributed by atoms with E-state index in [0.717, 1.165) is 23.5 Å². The van der Waals surface area contributed by atoms with Gasteiger partial charge in [-0.1, -0.05) is 194 Å². The Kier molecular flexibility index (Phi) is 10.6. The highest BCUT2D eigenvalue weighted by atomic mass is 15.2. The fourth-order valence-electron chi connectivity index (χ4n) is 16.1. The summed E-state index contributed by atoms with van der Waals surface area (Å²) in [7, 11) is 0. The van der Waals surface area contributed by atoms with Crippen molar-refractivity contribution in [1.82, 2.24) is 0 Å². The van der Waals surface area contributed by atoms with Crippen molar-refractivity contribution >= 4 is 57.6 Å². The molecule has 6 aliphatic rings. The van der Waals surface area contributed by atoms with Crippen molar-refractivity contribution in [3.8, 4) is 33.4 Å². The summed E-state index contributed by atoms with van der Waals surface area (Å²) in [6, 6.07) is 62.1. The Bertz CT molecular complexity index is 3790. The summed E-state index contributed by atoms with van der Waals surface area (Å²) in [5.41, 5.74) is 29.5. The van der Waals surface area contributed by atoms with E-state index in [2.05, 4.69) is 269 Å². The van der Waals surface area contributed by atoms with E-state index in [9.17, 15) is 0 Å². The van der Waals surface area contributed by atoms with Gasteiger partial charge in [0.1, 0.15) is 0 Å². The van der Waals surface area contributed by atoms with E-state index in [1.165, 1.54) is 127 Å². The van der Waals surface area contributed by atoms with Crippen molar-refractivity contribution in [3.05, 3.63) is 197 Å². The van der Waals surface area contributed by atoms with Crippen molar-refractivity contribution in [2.24, 2.45) is 0 Å². The second-order valence-electron chi connectivity index (χ2n) is 29.2. The first-order valence-electron chi connectivity index (χ1n) is 29.9. The van der Waals surface area contributed by atoms with Crippen LogP contribution in [0.3, 0.4) is 0 Å². The highest BCUT2D eigenvalue weighted by Gasteiger charge is 2.63. The van der Waals surface area contributed by atoms with Gasteiger partial charge in [-0.3, -0.25) is 0 Å². The first kappa shape index (κ1) is 50.4. The van der Waals surface area contributed by atoms with Gasteiger partial charge in [0.05, 0.1) is 5.69 Å². The Morgan fingerprint density at radius 2 is 1.00 bits per heavy atom. The molecule has 1 fully saturated rings. The zero-order valence-electron chi connectivity index (χ0n) is 49.7. The number of fused-ring (bicyclic) bond motifs is 11. The molecule has 0 bridgehead atoms. The Hall–Kier alpha value is -6.78. The SMILES string of the molecule is CC(C)(C)c1ccc(N2c3cc4c(cc3B3c5c(cc(N(c6ccccc6)c6ccccc6)cc52)-c2cc(C(C)(C)C)cc5c2N3C2(C)CCCCC52C)-c2cc3c(cc2C4(C)C)C(C)(C)CCC3(C)C)c(-c2ccccc2)c1. The van der Waals surface area contributed by atoms with Crippen LogP contribution in [0.25, 0.3) is 33.4 Å². The van der Waals surface area contributed by atoms with Gasteiger partial charge < -0.3 is 14.6 Å². The molecule has 3 aliphatic heterocycles. The molecule has 14 rings (SSSR count). The van der Waals surface area contributed by atoms with Crippen molar-refractivity contribution < 1.29 is 0 Å². The van der Waals surface area contributed by atoms with Crippen LogP contribution in [-0.2, 0) is 32.5 Å².